The third-order valence-electron chi connectivity index (χ3n) is 4.98. The van der Waals surface area contributed by atoms with Gasteiger partial charge in [0.05, 0.1) is 0 Å². The number of rotatable bonds is 4. The summed E-state index contributed by atoms with van der Waals surface area (Å²) in [5.74, 6) is 0.249. The lowest BCUT2D eigenvalue weighted by atomic mass is 10.0. The van der Waals surface area contributed by atoms with E-state index in [4.69, 9.17) is 0 Å². The molecule has 0 radical (unpaired) electrons. The largest absolute Gasteiger partial charge is 0.505 e. The first-order chi connectivity index (χ1) is 12.6. The van der Waals surface area contributed by atoms with Crippen molar-refractivity contribution in [3.63, 3.8) is 0 Å². The predicted molar refractivity (Wildman–Crippen MR) is 103 cm³/mol. The predicted octanol–water partition coefficient (Wildman–Crippen LogP) is 4.32. The maximum absolute atomic E-state index is 10.9. The van der Waals surface area contributed by atoms with Crippen LogP contribution in [0.1, 0.15) is 36.8 Å². The summed E-state index contributed by atoms with van der Waals surface area (Å²) in [5, 5.41) is 19.9. The van der Waals surface area contributed by atoms with E-state index < -0.39 is 0 Å². The Hall–Kier alpha value is -2.82. The number of hydrogen-bond donors (Lipinski definition) is 1. The SMILES string of the molecule is Cc1cc(CN(C)C2=CCCCC2)c(O)c(-n2nc3ccccc3n2)c1. The normalized spacial score (nSPS) is 14.5. The van der Waals surface area contributed by atoms with Gasteiger partial charge < -0.3 is 10.0 Å². The lowest BCUT2D eigenvalue weighted by Gasteiger charge is -2.26. The summed E-state index contributed by atoms with van der Waals surface area (Å²) in [6.45, 7) is 2.71. The van der Waals surface area contributed by atoms with E-state index in [1.54, 1.807) is 0 Å². The smallest absolute Gasteiger partial charge is 0.148 e. The third-order valence-corrected chi connectivity index (χ3v) is 4.98. The first kappa shape index (κ1) is 16.6. The summed E-state index contributed by atoms with van der Waals surface area (Å²) < 4.78 is 0. The number of benzene rings is 2. The number of nitrogens with zero attached hydrogens (tertiary/aromatic N) is 4. The summed E-state index contributed by atoms with van der Waals surface area (Å²) in [5.41, 5.74) is 5.61. The Kier molecular flexibility index (Phi) is 4.37. The van der Waals surface area contributed by atoms with E-state index in [-0.39, 0.29) is 5.75 Å². The van der Waals surface area contributed by atoms with Crippen LogP contribution < -0.4 is 0 Å². The van der Waals surface area contributed by atoms with E-state index in [1.165, 1.54) is 23.3 Å². The molecular weight excluding hydrogens is 324 g/mol. The summed E-state index contributed by atoms with van der Waals surface area (Å²) in [6, 6.07) is 11.7. The second-order valence-electron chi connectivity index (χ2n) is 7.07. The molecule has 3 aromatic rings. The Bertz CT molecular complexity index is 940. The number of allylic oxidation sites excluding steroid dienone is 2. The zero-order valence-corrected chi connectivity index (χ0v) is 15.3. The van der Waals surface area contributed by atoms with Crippen LogP contribution in [0.4, 0.5) is 0 Å². The van der Waals surface area contributed by atoms with Crippen molar-refractivity contribution in [3.05, 3.63) is 59.3 Å². The molecule has 26 heavy (non-hydrogen) atoms. The molecule has 4 rings (SSSR count). The van der Waals surface area contributed by atoms with Gasteiger partial charge in [-0.25, -0.2) is 0 Å². The van der Waals surface area contributed by atoms with Gasteiger partial charge in [-0.2, -0.15) is 0 Å². The molecule has 1 aliphatic rings. The first-order valence-corrected chi connectivity index (χ1v) is 9.17. The van der Waals surface area contributed by atoms with Crippen molar-refractivity contribution in [2.75, 3.05) is 7.05 Å². The van der Waals surface area contributed by atoms with Gasteiger partial charge in [0.25, 0.3) is 0 Å². The van der Waals surface area contributed by atoms with Crippen LogP contribution in [0.25, 0.3) is 16.7 Å². The fourth-order valence-electron chi connectivity index (χ4n) is 3.60. The third kappa shape index (κ3) is 3.17. The minimum Gasteiger partial charge on any atom is -0.505 e. The molecule has 0 unspecified atom stereocenters. The van der Waals surface area contributed by atoms with E-state index in [1.807, 2.05) is 43.3 Å². The zero-order chi connectivity index (χ0) is 18.1. The average Bonchev–Trinajstić information content (AvgIpc) is 3.09. The van der Waals surface area contributed by atoms with Crippen LogP contribution in [0, 0.1) is 6.92 Å². The number of hydrogen-bond acceptors (Lipinski definition) is 4. The number of fused-ring (bicyclic) bond motifs is 1. The Balaban J connectivity index is 1.69. The second kappa shape index (κ2) is 6.83. The number of phenolic OH excluding ortho intramolecular Hbond substituents is 1. The van der Waals surface area contributed by atoms with Crippen LogP contribution >= 0.6 is 0 Å². The lowest BCUT2D eigenvalue weighted by molar-refractivity contribution is 0.367. The van der Waals surface area contributed by atoms with Crippen LogP contribution in [0.2, 0.25) is 0 Å². The highest BCUT2D eigenvalue weighted by molar-refractivity contribution is 5.73. The highest BCUT2D eigenvalue weighted by atomic mass is 16.3. The van der Waals surface area contributed by atoms with Gasteiger partial charge in [-0.3, -0.25) is 0 Å². The van der Waals surface area contributed by atoms with Crippen molar-refractivity contribution in [2.24, 2.45) is 0 Å². The van der Waals surface area contributed by atoms with Crippen molar-refractivity contribution in [1.82, 2.24) is 19.9 Å². The quantitative estimate of drug-likeness (QED) is 0.763. The van der Waals surface area contributed by atoms with E-state index in [2.05, 4.69) is 28.2 Å². The Labute approximate surface area is 153 Å². The maximum Gasteiger partial charge on any atom is 0.148 e. The number of aromatic hydroxyl groups is 1. The number of aromatic nitrogens is 3. The molecule has 2 aromatic carbocycles. The Morgan fingerprint density at radius 1 is 1.12 bits per heavy atom. The van der Waals surface area contributed by atoms with E-state index in [0.717, 1.165) is 35.0 Å². The van der Waals surface area contributed by atoms with Crippen molar-refractivity contribution in [1.29, 1.82) is 0 Å². The fraction of sp³-hybridized carbons (Fsp3) is 0.333. The van der Waals surface area contributed by atoms with Crippen LogP contribution in [0.3, 0.4) is 0 Å². The molecule has 0 fully saturated rings. The van der Waals surface area contributed by atoms with Crippen molar-refractivity contribution < 1.29 is 5.11 Å². The minimum absolute atomic E-state index is 0.249. The van der Waals surface area contributed by atoms with Crippen molar-refractivity contribution in [2.45, 2.75) is 39.2 Å². The topological polar surface area (TPSA) is 54.2 Å². The second-order valence-corrected chi connectivity index (χ2v) is 7.07. The molecule has 5 heteroatoms. The van der Waals surface area contributed by atoms with Crippen LogP contribution in [0.15, 0.2) is 48.2 Å². The van der Waals surface area contributed by atoms with Gasteiger partial charge in [0, 0.05) is 24.9 Å². The molecule has 134 valence electrons. The average molecular weight is 348 g/mol. The van der Waals surface area contributed by atoms with Crippen molar-refractivity contribution >= 4 is 11.0 Å². The molecule has 1 aliphatic carbocycles. The molecule has 0 spiro atoms. The highest BCUT2D eigenvalue weighted by Gasteiger charge is 2.16. The summed E-state index contributed by atoms with van der Waals surface area (Å²) in [4.78, 5) is 3.78. The van der Waals surface area contributed by atoms with Gasteiger partial charge in [0.2, 0.25) is 0 Å². The maximum atomic E-state index is 10.9. The van der Waals surface area contributed by atoms with Gasteiger partial charge in [0.15, 0.2) is 0 Å². The molecule has 1 N–H and O–H groups in total. The molecule has 5 nitrogen and oxygen atoms in total. The summed E-state index contributed by atoms with van der Waals surface area (Å²) in [7, 11) is 2.10. The molecule has 0 bridgehead atoms. The molecule has 0 atom stereocenters. The highest BCUT2D eigenvalue weighted by Crippen LogP contribution is 2.30. The Morgan fingerprint density at radius 3 is 2.50 bits per heavy atom. The van der Waals surface area contributed by atoms with Crippen molar-refractivity contribution in [3.8, 4) is 11.4 Å². The zero-order valence-electron chi connectivity index (χ0n) is 15.3. The Morgan fingerprint density at radius 2 is 1.85 bits per heavy atom. The molecule has 1 heterocycles. The van der Waals surface area contributed by atoms with Gasteiger partial charge >= 0.3 is 0 Å². The van der Waals surface area contributed by atoms with E-state index in [0.29, 0.717) is 12.2 Å². The number of phenols is 1. The van der Waals surface area contributed by atoms with Crippen LogP contribution in [0.5, 0.6) is 5.75 Å². The van der Waals surface area contributed by atoms with E-state index >= 15 is 0 Å². The standard InChI is InChI=1S/C21H24N4O/c1-15-12-16(14-24(2)17-8-4-3-5-9-17)21(26)20(13-15)25-22-18-10-6-7-11-19(18)23-25/h6-8,10-13,26H,3-5,9,14H2,1-2H3. The lowest BCUT2D eigenvalue weighted by Crippen LogP contribution is -2.19. The molecule has 0 saturated carbocycles. The number of aryl methyl sites for hydroxylation is 1. The van der Waals surface area contributed by atoms with E-state index in [9.17, 15) is 5.11 Å². The monoisotopic (exact) mass is 348 g/mol. The first-order valence-electron chi connectivity index (χ1n) is 9.17. The van der Waals surface area contributed by atoms with Gasteiger partial charge in [-0.1, -0.05) is 24.3 Å². The van der Waals surface area contributed by atoms with Crippen LogP contribution in [-0.2, 0) is 6.54 Å². The minimum atomic E-state index is 0.249. The summed E-state index contributed by atoms with van der Waals surface area (Å²) >= 11 is 0. The molecule has 0 saturated heterocycles. The van der Waals surface area contributed by atoms with Gasteiger partial charge in [-0.15, -0.1) is 15.0 Å². The summed E-state index contributed by atoms with van der Waals surface area (Å²) in [6.07, 6.45) is 7.09. The molecule has 0 amide bonds. The van der Waals surface area contributed by atoms with Crippen LogP contribution in [-0.4, -0.2) is 32.0 Å². The van der Waals surface area contributed by atoms with Gasteiger partial charge in [-0.05, 0) is 56.4 Å². The van der Waals surface area contributed by atoms with Gasteiger partial charge in [0.1, 0.15) is 22.5 Å². The molecule has 1 aromatic heterocycles. The fourth-order valence-corrected chi connectivity index (χ4v) is 3.60. The molecule has 0 aliphatic heterocycles. The molecular formula is C21H24N4O.